The Morgan fingerprint density at radius 3 is 2.43 bits per heavy atom. The molecule has 1 unspecified atom stereocenters. The maximum Gasteiger partial charge on any atom is 0.320 e. The second-order valence-electron chi connectivity index (χ2n) is 7.77. The van der Waals surface area contributed by atoms with Gasteiger partial charge in [-0.2, -0.15) is 0 Å². The minimum Gasteiger partial charge on any atom is -0.338 e. The number of likely N-dealkylation sites (N-methyl/N-ethyl adjacent to an activating group) is 1. The fourth-order valence-corrected chi connectivity index (χ4v) is 4.29. The molecule has 0 bridgehead atoms. The predicted molar refractivity (Wildman–Crippen MR) is 114 cm³/mol. The molecule has 2 fully saturated rings. The van der Waals surface area contributed by atoms with Gasteiger partial charge < -0.3 is 20.0 Å². The Kier molecular flexibility index (Phi) is 8.58. The molecule has 156 valence electrons. The molecule has 6 nitrogen and oxygen atoms in total. The van der Waals surface area contributed by atoms with Crippen LogP contribution in [0.2, 0.25) is 0 Å². The van der Waals surface area contributed by atoms with Crippen LogP contribution in [0.15, 0.2) is 30.3 Å². The first kappa shape index (κ1) is 22.5. The standard InChI is InChI=1S/C21H32N4O2.ClH/c1-22-15-19-9-6-12-25(19)20(26)18-10-13-24(14-11-18)21(27)23(2)16-17-7-4-3-5-8-17;/h3-5,7-8,18-19,22H,6,9-16H2,1-2H3;1H. The predicted octanol–water partition coefficient (Wildman–Crippen LogP) is 2.58. The smallest absolute Gasteiger partial charge is 0.320 e. The molecule has 0 saturated carbocycles. The highest BCUT2D eigenvalue weighted by atomic mass is 35.5. The molecule has 0 radical (unpaired) electrons. The third-order valence-electron chi connectivity index (χ3n) is 5.80. The molecule has 28 heavy (non-hydrogen) atoms. The van der Waals surface area contributed by atoms with E-state index in [4.69, 9.17) is 0 Å². The van der Waals surface area contributed by atoms with Crippen molar-refractivity contribution in [1.82, 2.24) is 20.0 Å². The topological polar surface area (TPSA) is 55.9 Å². The van der Waals surface area contributed by atoms with Crippen LogP contribution in [-0.4, -0.2) is 73.0 Å². The molecule has 2 aliphatic heterocycles. The van der Waals surface area contributed by atoms with Gasteiger partial charge in [0.05, 0.1) is 0 Å². The fourth-order valence-electron chi connectivity index (χ4n) is 4.29. The lowest BCUT2D eigenvalue weighted by Gasteiger charge is -2.36. The van der Waals surface area contributed by atoms with E-state index in [9.17, 15) is 9.59 Å². The van der Waals surface area contributed by atoms with Gasteiger partial charge in [0, 0.05) is 51.7 Å². The highest BCUT2D eigenvalue weighted by Crippen LogP contribution is 2.25. The van der Waals surface area contributed by atoms with Gasteiger partial charge in [-0.25, -0.2) is 4.79 Å². The second-order valence-corrected chi connectivity index (χ2v) is 7.77. The zero-order valence-corrected chi connectivity index (χ0v) is 17.8. The molecule has 0 spiro atoms. The number of rotatable bonds is 5. The van der Waals surface area contributed by atoms with Crippen molar-refractivity contribution in [3.63, 3.8) is 0 Å². The summed E-state index contributed by atoms with van der Waals surface area (Å²) in [4.78, 5) is 31.4. The van der Waals surface area contributed by atoms with Crippen molar-refractivity contribution in [2.75, 3.05) is 40.3 Å². The van der Waals surface area contributed by atoms with Crippen LogP contribution in [0.1, 0.15) is 31.2 Å². The van der Waals surface area contributed by atoms with Crippen LogP contribution in [0.5, 0.6) is 0 Å². The third-order valence-corrected chi connectivity index (χ3v) is 5.80. The largest absolute Gasteiger partial charge is 0.338 e. The van der Waals surface area contributed by atoms with Crippen LogP contribution in [0.3, 0.4) is 0 Å². The van der Waals surface area contributed by atoms with E-state index in [1.54, 1.807) is 4.90 Å². The zero-order chi connectivity index (χ0) is 19.2. The molecule has 2 aliphatic rings. The molecular weight excluding hydrogens is 376 g/mol. The molecule has 0 aliphatic carbocycles. The molecule has 7 heteroatoms. The number of benzene rings is 1. The van der Waals surface area contributed by atoms with Crippen molar-refractivity contribution in [2.45, 2.75) is 38.3 Å². The minimum atomic E-state index is 0. The first-order valence-electron chi connectivity index (χ1n) is 10.1. The first-order chi connectivity index (χ1) is 13.1. The number of amides is 3. The van der Waals surface area contributed by atoms with Gasteiger partial charge in [-0.15, -0.1) is 12.4 Å². The lowest BCUT2D eigenvalue weighted by molar-refractivity contribution is -0.137. The lowest BCUT2D eigenvalue weighted by Crippen LogP contribution is -2.49. The van der Waals surface area contributed by atoms with Gasteiger partial charge in [-0.1, -0.05) is 30.3 Å². The number of hydrogen-bond acceptors (Lipinski definition) is 3. The molecule has 2 saturated heterocycles. The summed E-state index contributed by atoms with van der Waals surface area (Å²) >= 11 is 0. The maximum atomic E-state index is 12.9. The summed E-state index contributed by atoms with van der Waals surface area (Å²) in [7, 11) is 3.79. The van der Waals surface area contributed by atoms with Crippen molar-refractivity contribution in [1.29, 1.82) is 0 Å². The fraction of sp³-hybridized carbons (Fsp3) is 0.619. The van der Waals surface area contributed by atoms with Crippen molar-refractivity contribution in [2.24, 2.45) is 5.92 Å². The zero-order valence-electron chi connectivity index (χ0n) is 17.0. The van der Waals surface area contributed by atoms with Gasteiger partial charge in [0.15, 0.2) is 0 Å². The van der Waals surface area contributed by atoms with Crippen molar-refractivity contribution >= 4 is 24.3 Å². The van der Waals surface area contributed by atoms with Crippen LogP contribution in [0.4, 0.5) is 4.79 Å². The number of carbonyl (C=O) groups is 2. The van der Waals surface area contributed by atoms with Gasteiger partial charge in [-0.05, 0) is 38.3 Å². The molecule has 3 rings (SSSR count). The second kappa shape index (κ2) is 10.7. The molecule has 0 aromatic heterocycles. The number of nitrogens with one attached hydrogen (secondary N) is 1. The van der Waals surface area contributed by atoms with E-state index < -0.39 is 0 Å². The van der Waals surface area contributed by atoms with Crippen LogP contribution < -0.4 is 5.32 Å². The molecule has 1 aromatic carbocycles. The first-order valence-corrected chi connectivity index (χ1v) is 10.1. The Morgan fingerprint density at radius 1 is 1.11 bits per heavy atom. The normalized spacial score (nSPS) is 20.0. The van der Waals surface area contributed by atoms with Crippen LogP contribution in [0.25, 0.3) is 0 Å². The highest BCUT2D eigenvalue weighted by Gasteiger charge is 2.35. The van der Waals surface area contributed by atoms with Gasteiger partial charge in [-0.3, -0.25) is 4.79 Å². The highest BCUT2D eigenvalue weighted by molar-refractivity contribution is 5.85. The average molecular weight is 409 g/mol. The Morgan fingerprint density at radius 2 is 1.79 bits per heavy atom. The van der Waals surface area contributed by atoms with Gasteiger partial charge in [0.1, 0.15) is 0 Å². The SMILES string of the molecule is CNCC1CCCN1C(=O)C1CCN(C(=O)N(C)Cc2ccccc2)CC1.Cl. The molecule has 3 amide bonds. The van der Waals surface area contributed by atoms with Crippen molar-refractivity contribution in [3.05, 3.63) is 35.9 Å². The quantitative estimate of drug-likeness (QED) is 0.814. The molecule has 1 atom stereocenters. The monoisotopic (exact) mass is 408 g/mol. The molecule has 2 heterocycles. The van der Waals surface area contributed by atoms with Gasteiger partial charge in [0.25, 0.3) is 0 Å². The number of likely N-dealkylation sites (tertiary alicyclic amines) is 2. The third kappa shape index (κ3) is 5.39. The lowest BCUT2D eigenvalue weighted by atomic mass is 9.95. The number of carbonyl (C=O) groups excluding carboxylic acids is 2. The van der Waals surface area contributed by atoms with E-state index in [2.05, 4.69) is 10.2 Å². The molecule has 1 N–H and O–H groups in total. The summed E-state index contributed by atoms with van der Waals surface area (Å²) in [5, 5.41) is 3.20. The van der Waals surface area contributed by atoms with E-state index in [-0.39, 0.29) is 30.3 Å². The summed E-state index contributed by atoms with van der Waals surface area (Å²) in [6.07, 6.45) is 3.73. The summed E-state index contributed by atoms with van der Waals surface area (Å²) in [6, 6.07) is 10.4. The van der Waals surface area contributed by atoms with Gasteiger partial charge in [0.2, 0.25) is 5.91 Å². The van der Waals surface area contributed by atoms with E-state index in [1.807, 2.05) is 49.3 Å². The number of hydrogen-bond donors (Lipinski definition) is 1. The van der Waals surface area contributed by atoms with Crippen molar-refractivity contribution < 1.29 is 9.59 Å². The Hall–Kier alpha value is -1.79. The van der Waals surface area contributed by atoms with E-state index >= 15 is 0 Å². The van der Waals surface area contributed by atoms with Crippen LogP contribution in [0, 0.1) is 5.92 Å². The Balaban J connectivity index is 0.00000280. The summed E-state index contributed by atoms with van der Waals surface area (Å²) < 4.78 is 0. The summed E-state index contributed by atoms with van der Waals surface area (Å²) in [5.41, 5.74) is 1.13. The number of piperidine rings is 1. The van der Waals surface area contributed by atoms with E-state index in [0.717, 1.165) is 44.3 Å². The Labute approximate surface area is 174 Å². The molecular formula is C21H33ClN4O2. The van der Waals surface area contributed by atoms with E-state index in [0.29, 0.717) is 25.7 Å². The van der Waals surface area contributed by atoms with Crippen LogP contribution in [-0.2, 0) is 11.3 Å². The summed E-state index contributed by atoms with van der Waals surface area (Å²) in [5.74, 6) is 0.350. The number of urea groups is 1. The maximum absolute atomic E-state index is 12.9. The number of halogens is 1. The molecule has 1 aromatic rings. The average Bonchev–Trinajstić information content (AvgIpc) is 3.16. The number of nitrogens with zero attached hydrogens (tertiary/aromatic N) is 3. The summed E-state index contributed by atoms with van der Waals surface area (Å²) in [6.45, 7) is 3.69. The van der Waals surface area contributed by atoms with E-state index in [1.165, 1.54) is 0 Å². The van der Waals surface area contributed by atoms with Gasteiger partial charge >= 0.3 is 6.03 Å². The minimum absolute atomic E-state index is 0. The van der Waals surface area contributed by atoms with Crippen molar-refractivity contribution in [3.8, 4) is 0 Å². The van der Waals surface area contributed by atoms with Crippen LogP contribution >= 0.6 is 12.4 Å². The Bertz CT molecular complexity index is 635.